The summed E-state index contributed by atoms with van der Waals surface area (Å²) in [6.45, 7) is 3.65. The van der Waals surface area contributed by atoms with Crippen molar-refractivity contribution in [2.45, 2.75) is 58.3 Å². The van der Waals surface area contributed by atoms with E-state index in [9.17, 15) is 9.59 Å². The van der Waals surface area contributed by atoms with Crippen molar-refractivity contribution < 1.29 is 14.3 Å². The van der Waals surface area contributed by atoms with E-state index in [1.54, 1.807) is 0 Å². The largest absolute Gasteiger partial charge is 0.427 e. The highest BCUT2D eigenvalue weighted by Crippen LogP contribution is 2.59. The fourth-order valence-corrected chi connectivity index (χ4v) is 5.56. The zero-order valence-corrected chi connectivity index (χ0v) is 13.9. The summed E-state index contributed by atoms with van der Waals surface area (Å²) in [7, 11) is 0. The van der Waals surface area contributed by atoms with Crippen LogP contribution in [0.4, 0.5) is 0 Å². The number of esters is 1. The molecule has 0 spiro atoms. The molecule has 122 valence electrons. The van der Waals surface area contributed by atoms with Crippen molar-refractivity contribution in [3.05, 3.63) is 29.3 Å². The molecule has 0 aliphatic heterocycles. The van der Waals surface area contributed by atoms with Gasteiger partial charge in [-0.2, -0.15) is 0 Å². The first-order valence-electron chi connectivity index (χ1n) is 8.83. The molecule has 0 N–H and O–H groups in total. The first kappa shape index (κ1) is 14.9. The van der Waals surface area contributed by atoms with Crippen molar-refractivity contribution in [2.75, 3.05) is 0 Å². The quantitative estimate of drug-likeness (QED) is 0.580. The molecule has 4 rings (SSSR count). The molecule has 0 bridgehead atoms. The van der Waals surface area contributed by atoms with Gasteiger partial charge >= 0.3 is 5.97 Å². The van der Waals surface area contributed by atoms with Gasteiger partial charge in [-0.25, -0.2) is 0 Å². The van der Waals surface area contributed by atoms with Gasteiger partial charge in [0.05, 0.1) is 0 Å². The second kappa shape index (κ2) is 5.19. The summed E-state index contributed by atoms with van der Waals surface area (Å²) in [5.41, 5.74) is 2.70. The van der Waals surface area contributed by atoms with Gasteiger partial charge in [0, 0.05) is 18.8 Å². The van der Waals surface area contributed by atoms with E-state index in [2.05, 4.69) is 13.0 Å². The van der Waals surface area contributed by atoms with Gasteiger partial charge < -0.3 is 4.74 Å². The van der Waals surface area contributed by atoms with E-state index in [4.69, 9.17) is 4.74 Å². The fourth-order valence-electron chi connectivity index (χ4n) is 5.56. The Labute approximate surface area is 137 Å². The van der Waals surface area contributed by atoms with Crippen LogP contribution < -0.4 is 4.74 Å². The average molecular weight is 312 g/mol. The van der Waals surface area contributed by atoms with Gasteiger partial charge in [-0.1, -0.05) is 13.0 Å². The topological polar surface area (TPSA) is 43.4 Å². The van der Waals surface area contributed by atoms with Crippen LogP contribution in [-0.2, 0) is 16.0 Å². The maximum absolute atomic E-state index is 12.3. The van der Waals surface area contributed by atoms with Crippen LogP contribution in [0.5, 0.6) is 5.75 Å². The van der Waals surface area contributed by atoms with Crippen LogP contribution >= 0.6 is 0 Å². The lowest BCUT2D eigenvalue weighted by atomic mass is 9.55. The van der Waals surface area contributed by atoms with Crippen LogP contribution in [0, 0.1) is 17.3 Å². The number of aryl methyl sites for hydroxylation is 1. The molecule has 0 aromatic heterocycles. The van der Waals surface area contributed by atoms with Gasteiger partial charge in [0.1, 0.15) is 11.5 Å². The molecule has 3 nitrogen and oxygen atoms in total. The molecule has 4 atom stereocenters. The Morgan fingerprint density at radius 2 is 2.04 bits per heavy atom. The Hall–Kier alpha value is -1.64. The fraction of sp³-hybridized carbons (Fsp3) is 0.600. The molecule has 2 saturated carbocycles. The highest BCUT2D eigenvalue weighted by atomic mass is 16.5. The maximum Gasteiger partial charge on any atom is 0.308 e. The number of hydrogen-bond acceptors (Lipinski definition) is 3. The Morgan fingerprint density at radius 1 is 1.22 bits per heavy atom. The molecule has 2 fully saturated rings. The Bertz CT molecular complexity index is 677. The second-order valence-corrected chi connectivity index (χ2v) is 7.79. The van der Waals surface area contributed by atoms with E-state index in [1.807, 2.05) is 12.1 Å². The lowest BCUT2D eigenvalue weighted by Crippen LogP contribution is -2.42. The highest BCUT2D eigenvalue weighted by molar-refractivity contribution is 5.87. The van der Waals surface area contributed by atoms with Crippen molar-refractivity contribution in [1.29, 1.82) is 0 Å². The van der Waals surface area contributed by atoms with Crippen LogP contribution in [0.2, 0.25) is 0 Å². The third kappa shape index (κ3) is 2.24. The molecule has 0 unspecified atom stereocenters. The maximum atomic E-state index is 12.3. The molecule has 0 heterocycles. The van der Waals surface area contributed by atoms with Crippen LogP contribution in [-0.4, -0.2) is 11.8 Å². The number of rotatable bonds is 1. The minimum atomic E-state index is -0.267. The van der Waals surface area contributed by atoms with Gasteiger partial charge in [-0.05, 0) is 73.1 Å². The van der Waals surface area contributed by atoms with E-state index in [-0.39, 0.29) is 11.4 Å². The Kier molecular flexibility index (Phi) is 3.36. The summed E-state index contributed by atoms with van der Waals surface area (Å²) in [5, 5.41) is 0. The van der Waals surface area contributed by atoms with Crippen molar-refractivity contribution >= 4 is 11.8 Å². The van der Waals surface area contributed by atoms with Crippen molar-refractivity contribution in [1.82, 2.24) is 0 Å². The summed E-state index contributed by atoms with van der Waals surface area (Å²) in [6.07, 6.45) is 6.20. The third-order valence-corrected chi connectivity index (χ3v) is 6.67. The first-order valence-corrected chi connectivity index (χ1v) is 8.83. The molecule has 0 amide bonds. The van der Waals surface area contributed by atoms with E-state index in [1.165, 1.54) is 18.1 Å². The number of hydrogen-bond donors (Lipinski definition) is 0. The standard InChI is InChI=1S/C20H24O3/c1-12(21)23-14-4-6-15-13(11-14)3-5-17-16(15)9-10-20(2)18(17)7-8-19(20)22/h4,6,11,16-18H,3,5,7-10H2,1-2H3/t16-,17-,18-,20+/m1/s1. The summed E-state index contributed by atoms with van der Waals surface area (Å²) in [4.78, 5) is 23.5. The molecule has 3 heteroatoms. The predicted octanol–water partition coefficient (Wildman–Crippen LogP) is 4.04. The average Bonchev–Trinajstić information content (AvgIpc) is 2.82. The minimum Gasteiger partial charge on any atom is -0.427 e. The zero-order valence-electron chi connectivity index (χ0n) is 13.9. The number of ether oxygens (including phenoxy) is 1. The van der Waals surface area contributed by atoms with Gasteiger partial charge in [0.15, 0.2) is 0 Å². The number of benzene rings is 1. The highest BCUT2D eigenvalue weighted by Gasteiger charge is 2.54. The number of carbonyl (C=O) groups is 2. The third-order valence-electron chi connectivity index (χ3n) is 6.67. The summed E-state index contributed by atoms with van der Waals surface area (Å²) >= 11 is 0. The molecule has 0 radical (unpaired) electrons. The monoisotopic (exact) mass is 312 g/mol. The number of ketones is 1. The molecule has 23 heavy (non-hydrogen) atoms. The second-order valence-electron chi connectivity index (χ2n) is 7.79. The van der Waals surface area contributed by atoms with E-state index < -0.39 is 0 Å². The van der Waals surface area contributed by atoms with E-state index >= 15 is 0 Å². The molecular formula is C20H24O3. The normalized spacial score (nSPS) is 35.2. The Morgan fingerprint density at radius 3 is 2.83 bits per heavy atom. The van der Waals surface area contributed by atoms with Crippen LogP contribution in [0.1, 0.15) is 63.0 Å². The number of Topliss-reactive ketones (excluding diaryl/α,β-unsaturated/α-hetero) is 1. The summed E-state index contributed by atoms with van der Waals surface area (Å²) < 4.78 is 5.23. The molecule has 0 saturated heterocycles. The van der Waals surface area contributed by atoms with Crippen LogP contribution in [0.15, 0.2) is 18.2 Å². The predicted molar refractivity (Wildman–Crippen MR) is 87.4 cm³/mol. The van der Waals surface area contributed by atoms with Crippen molar-refractivity contribution in [3.63, 3.8) is 0 Å². The van der Waals surface area contributed by atoms with Gasteiger partial charge in [0.25, 0.3) is 0 Å². The van der Waals surface area contributed by atoms with E-state index in [0.29, 0.717) is 29.3 Å². The molecule has 3 aliphatic carbocycles. The lowest BCUT2D eigenvalue weighted by molar-refractivity contribution is -0.132. The SMILES string of the molecule is CC(=O)Oc1ccc2c(c1)CC[C@@H]1[C@@H]2CC[C@]2(C)C(=O)CC[C@H]12. The Balaban J connectivity index is 1.65. The molecule has 3 aliphatic rings. The lowest BCUT2D eigenvalue weighted by Gasteiger charge is -2.48. The summed E-state index contributed by atoms with van der Waals surface area (Å²) in [5.74, 6) is 2.68. The van der Waals surface area contributed by atoms with Gasteiger partial charge in [0.2, 0.25) is 0 Å². The molecule has 1 aromatic rings. The molecular weight excluding hydrogens is 288 g/mol. The number of carbonyl (C=O) groups excluding carboxylic acids is 2. The smallest absolute Gasteiger partial charge is 0.308 e. The summed E-state index contributed by atoms with van der Waals surface area (Å²) in [6, 6.07) is 6.13. The van der Waals surface area contributed by atoms with Crippen LogP contribution in [0.25, 0.3) is 0 Å². The van der Waals surface area contributed by atoms with Gasteiger partial charge in [-0.15, -0.1) is 0 Å². The van der Waals surface area contributed by atoms with Gasteiger partial charge in [-0.3, -0.25) is 9.59 Å². The minimum absolute atomic E-state index is 0.0592. The first-order chi connectivity index (χ1) is 11.0. The van der Waals surface area contributed by atoms with Crippen molar-refractivity contribution in [3.8, 4) is 5.75 Å². The molecule has 1 aromatic carbocycles. The zero-order chi connectivity index (χ0) is 16.2. The number of fused-ring (bicyclic) bond motifs is 5. The van der Waals surface area contributed by atoms with Crippen LogP contribution in [0.3, 0.4) is 0 Å². The van der Waals surface area contributed by atoms with E-state index in [0.717, 1.165) is 38.5 Å². The van der Waals surface area contributed by atoms with Crippen molar-refractivity contribution in [2.24, 2.45) is 17.3 Å².